The number of rotatable bonds is 2. The lowest BCUT2D eigenvalue weighted by atomic mass is 9.94. The van der Waals surface area contributed by atoms with Gasteiger partial charge in [-0.25, -0.2) is 4.98 Å². The van der Waals surface area contributed by atoms with Crippen LogP contribution < -0.4 is 5.43 Å². The number of likely N-dealkylation sites (tertiary alicyclic amines) is 1. The van der Waals surface area contributed by atoms with Crippen molar-refractivity contribution in [3.05, 3.63) is 18.2 Å². The second kappa shape index (κ2) is 7.66. The van der Waals surface area contributed by atoms with Crippen molar-refractivity contribution in [1.29, 1.82) is 0 Å². The zero-order valence-electron chi connectivity index (χ0n) is 15.5. The Labute approximate surface area is 145 Å². The Balaban J connectivity index is 0.000000141. The van der Waals surface area contributed by atoms with Crippen molar-refractivity contribution < 1.29 is 0 Å². The van der Waals surface area contributed by atoms with Crippen LogP contribution in [-0.2, 0) is 13.1 Å². The maximum absolute atomic E-state index is 4.13. The first kappa shape index (κ1) is 17.4. The second-order valence-electron chi connectivity index (χ2n) is 7.70. The average Bonchev–Trinajstić information content (AvgIpc) is 3.22. The van der Waals surface area contributed by atoms with Gasteiger partial charge in [-0.1, -0.05) is 0 Å². The molecule has 24 heavy (non-hydrogen) atoms. The molecule has 134 valence electrons. The second-order valence-corrected chi connectivity index (χ2v) is 7.70. The predicted molar refractivity (Wildman–Crippen MR) is 98.0 cm³/mol. The topological polar surface area (TPSA) is 48.7 Å². The van der Waals surface area contributed by atoms with Crippen LogP contribution in [0.15, 0.2) is 17.6 Å². The molecule has 1 N–H and O–H groups in total. The Morgan fingerprint density at radius 1 is 1.08 bits per heavy atom. The fraction of sp³-hybridized carbons (Fsp3) is 0.778. The van der Waals surface area contributed by atoms with Crippen LogP contribution in [0.2, 0.25) is 0 Å². The van der Waals surface area contributed by atoms with Gasteiger partial charge in [0.15, 0.2) is 0 Å². The Kier molecular flexibility index (Phi) is 5.56. The molecule has 0 amide bonds. The third kappa shape index (κ3) is 3.98. The number of piperidine rings is 1. The third-order valence-electron chi connectivity index (χ3n) is 5.45. The fourth-order valence-corrected chi connectivity index (χ4v) is 3.67. The van der Waals surface area contributed by atoms with Crippen LogP contribution in [0.1, 0.15) is 39.8 Å². The van der Waals surface area contributed by atoms with Crippen LogP contribution in [0.5, 0.6) is 0 Å². The molecule has 0 bridgehead atoms. The quantitative estimate of drug-likeness (QED) is 0.897. The van der Waals surface area contributed by atoms with E-state index < -0.39 is 0 Å². The van der Waals surface area contributed by atoms with E-state index in [-0.39, 0.29) is 0 Å². The lowest BCUT2D eigenvalue weighted by Crippen LogP contribution is -2.47. The van der Waals surface area contributed by atoms with Crippen molar-refractivity contribution in [1.82, 2.24) is 24.8 Å². The number of hydrogen-bond acceptors (Lipinski definition) is 5. The first-order chi connectivity index (χ1) is 11.5. The zero-order valence-corrected chi connectivity index (χ0v) is 15.5. The highest BCUT2D eigenvalue weighted by Crippen LogP contribution is 2.20. The molecule has 4 heterocycles. The van der Waals surface area contributed by atoms with Gasteiger partial charge in [0.2, 0.25) is 0 Å². The number of hydrazone groups is 1. The van der Waals surface area contributed by atoms with Gasteiger partial charge in [-0.05, 0) is 34.1 Å². The van der Waals surface area contributed by atoms with E-state index >= 15 is 0 Å². The van der Waals surface area contributed by atoms with Gasteiger partial charge in [0.05, 0.1) is 18.1 Å². The maximum atomic E-state index is 4.13. The molecule has 1 aromatic heterocycles. The molecule has 2 atom stereocenters. The molecule has 0 aliphatic carbocycles. The molecule has 0 saturated carbocycles. The SMILES string of the molecule is CC(C)N1CCC2NN=CC2C1.CC(C)N1CCn2cncc2C1. The fourth-order valence-electron chi connectivity index (χ4n) is 3.67. The van der Waals surface area contributed by atoms with Crippen molar-refractivity contribution in [2.24, 2.45) is 11.0 Å². The summed E-state index contributed by atoms with van der Waals surface area (Å²) < 4.78 is 2.24. The van der Waals surface area contributed by atoms with Crippen molar-refractivity contribution in [3.63, 3.8) is 0 Å². The van der Waals surface area contributed by atoms with Crippen LogP contribution in [0, 0.1) is 5.92 Å². The Bertz CT molecular complexity index is 549. The maximum Gasteiger partial charge on any atom is 0.0949 e. The molecule has 0 aromatic carbocycles. The van der Waals surface area contributed by atoms with Crippen molar-refractivity contribution in [2.45, 2.75) is 65.3 Å². The molecule has 1 fully saturated rings. The molecule has 6 heteroatoms. The molecule has 2 unspecified atom stereocenters. The third-order valence-corrected chi connectivity index (χ3v) is 5.45. The van der Waals surface area contributed by atoms with Gasteiger partial charge >= 0.3 is 0 Å². The smallest absolute Gasteiger partial charge is 0.0949 e. The standard InChI is InChI=1S/C9H15N3.C9H17N3/c1-8(2)11-3-4-12-7-10-5-9(12)6-11;1-7(2)12-4-3-9-8(6-12)5-10-11-9/h5,7-8H,3-4,6H2,1-2H3;5,7-9,11H,3-4,6H2,1-2H3. The summed E-state index contributed by atoms with van der Waals surface area (Å²) in [5.41, 5.74) is 4.50. The number of nitrogens with zero attached hydrogens (tertiary/aromatic N) is 5. The summed E-state index contributed by atoms with van der Waals surface area (Å²) in [6.07, 6.45) is 7.20. The number of hydrogen-bond donors (Lipinski definition) is 1. The van der Waals surface area contributed by atoms with E-state index in [1.165, 1.54) is 25.2 Å². The lowest BCUT2D eigenvalue weighted by Gasteiger charge is -2.36. The van der Waals surface area contributed by atoms with Crippen molar-refractivity contribution in [2.75, 3.05) is 19.6 Å². The first-order valence-corrected chi connectivity index (χ1v) is 9.30. The van der Waals surface area contributed by atoms with Gasteiger partial charge in [-0.3, -0.25) is 4.90 Å². The van der Waals surface area contributed by atoms with E-state index in [0.717, 1.165) is 19.6 Å². The van der Waals surface area contributed by atoms with E-state index in [0.29, 0.717) is 24.0 Å². The number of imidazole rings is 1. The molecule has 4 rings (SSSR count). The molecule has 1 aromatic rings. The highest BCUT2D eigenvalue weighted by molar-refractivity contribution is 5.64. The summed E-state index contributed by atoms with van der Waals surface area (Å²) in [6, 6.07) is 1.95. The summed E-state index contributed by atoms with van der Waals surface area (Å²) >= 11 is 0. The number of fused-ring (bicyclic) bond motifs is 2. The molecule has 0 spiro atoms. The first-order valence-electron chi connectivity index (χ1n) is 9.30. The van der Waals surface area contributed by atoms with E-state index in [1.807, 2.05) is 12.5 Å². The van der Waals surface area contributed by atoms with Gasteiger partial charge in [-0.2, -0.15) is 5.10 Å². The van der Waals surface area contributed by atoms with Gasteiger partial charge in [0.25, 0.3) is 0 Å². The molecule has 3 aliphatic heterocycles. The van der Waals surface area contributed by atoms with E-state index in [9.17, 15) is 0 Å². The minimum Gasteiger partial charge on any atom is -0.332 e. The Morgan fingerprint density at radius 2 is 1.88 bits per heavy atom. The van der Waals surface area contributed by atoms with Crippen LogP contribution in [-0.4, -0.2) is 63.3 Å². The highest BCUT2D eigenvalue weighted by Gasteiger charge is 2.31. The largest absolute Gasteiger partial charge is 0.332 e. The molecular weight excluding hydrogens is 300 g/mol. The van der Waals surface area contributed by atoms with Crippen LogP contribution in [0.4, 0.5) is 0 Å². The predicted octanol–water partition coefficient (Wildman–Crippen LogP) is 1.78. The van der Waals surface area contributed by atoms with E-state index in [4.69, 9.17) is 0 Å². The van der Waals surface area contributed by atoms with Gasteiger partial charge in [0, 0.05) is 63.1 Å². The minimum atomic E-state index is 0.625. The molecular formula is C18H32N6. The average molecular weight is 332 g/mol. The highest BCUT2D eigenvalue weighted by atomic mass is 15.3. The number of nitrogens with one attached hydrogen (secondary N) is 1. The van der Waals surface area contributed by atoms with Crippen LogP contribution in [0.25, 0.3) is 0 Å². The Morgan fingerprint density at radius 3 is 2.62 bits per heavy atom. The molecule has 3 aliphatic rings. The zero-order chi connectivity index (χ0) is 17.1. The monoisotopic (exact) mass is 332 g/mol. The van der Waals surface area contributed by atoms with Gasteiger partial charge in [-0.15, -0.1) is 0 Å². The number of aromatic nitrogens is 2. The summed E-state index contributed by atoms with van der Waals surface area (Å²) in [5, 5.41) is 4.12. The van der Waals surface area contributed by atoms with E-state index in [2.05, 4.69) is 63.8 Å². The van der Waals surface area contributed by atoms with Gasteiger partial charge < -0.3 is 14.9 Å². The molecule has 1 saturated heterocycles. The van der Waals surface area contributed by atoms with E-state index in [1.54, 1.807) is 0 Å². The lowest BCUT2D eigenvalue weighted by molar-refractivity contribution is 0.147. The summed E-state index contributed by atoms with van der Waals surface area (Å²) in [5.74, 6) is 0.654. The summed E-state index contributed by atoms with van der Waals surface area (Å²) in [6.45, 7) is 14.7. The summed E-state index contributed by atoms with van der Waals surface area (Å²) in [4.78, 5) is 9.13. The summed E-state index contributed by atoms with van der Waals surface area (Å²) in [7, 11) is 0. The van der Waals surface area contributed by atoms with Crippen molar-refractivity contribution in [3.8, 4) is 0 Å². The Hall–Kier alpha value is -1.40. The van der Waals surface area contributed by atoms with Crippen LogP contribution in [0.3, 0.4) is 0 Å². The van der Waals surface area contributed by atoms with Crippen molar-refractivity contribution >= 4 is 6.21 Å². The van der Waals surface area contributed by atoms with Gasteiger partial charge in [0.1, 0.15) is 0 Å². The minimum absolute atomic E-state index is 0.625. The molecule has 0 radical (unpaired) electrons. The normalized spacial score (nSPS) is 26.8. The van der Waals surface area contributed by atoms with Crippen LogP contribution >= 0.6 is 0 Å². The molecule has 6 nitrogen and oxygen atoms in total.